The Morgan fingerprint density at radius 3 is 3.00 bits per heavy atom. The van der Waals surface area contributed by atoms with Crippen molar-refractivity contribution >= 4 is 15.0 Å². The van der Waals surface area contributed by atoms with Gasteiger partial charge < -0.3 is 9.94 Å². The van der Waals surface area contributed by atoms with E-state index in [0.29, 0.717) is 0 Å². The number of oxime groups is 1. The molecule has 0 radical (unpaired) electrons. The van der Waals surface area contributed by atoms with E-state index in [2.05, 4.69) is 14.4 Å². The van der Waals surface area contributed by atoms with Gasteiger partial charge in [0.15, 0.2) is 0 Å². The van der Waals surface area contributed by atoms with E-state index in [1.165, 1.54) is 0 Å². The topological polar surface area (TPSA) is 41.8 Å². The van der Waals surface area contributed by atoms with Crippen LogP contribution in [-0.4, -0.2) is 29.3 Å². The van der Waals surface area contributed by atoms with E-state index < -0.39 is 0 Å². The molecule has 1 aliphatic rings. The molecular weight excluding hydrogens is 161 g/mol. The van der Waals surface area contributed by atoms with Crippen molar-refractivity contribution in [3.8, 4) is 0 Å². The van der Waals surface area contributed by atoms with Crippen LogP contribution in [0.15, 0.2) is 5.16 Å². The fraction of sp³-hybridized carbons (Fsp3) is 0.857. The molecule has 0 amide bonds. The maximum atomic E-state index is 8.55. The van der Waals surface area contributed by atoms with E-state index in [1.807, 2.05) is 6.92 Å². The highest BCUT2D eigenvalue weighted by Gasteiger charge is 2.22. The van der Waals surface area contributed by atoms with E-state index in [-0.39, 0.29) is 12.2 Å². The maximum Gasteiger partial charge on any atom is 0.0666 e. The Kier molecular flexibility index (Phi) is 3.28. The quantitative estimate of drug-likeness (QED) is 0.370. The van der Waals surface area contributed by atoms with Crippen molar-refractivity contribution in [3.63, 3.8) is 0 Å². The molecule has 0 aromatic heterocycles. The molecule has 0 aromatic carbocycles. The van der Waals surface area contributed by atoms with Gasteiger partial charge >= 0.3 is 0 Å². The molecule has 0 saturated carbocycles. The van der Waals surface area contributed by atoms with Crippen LogP contribution in [0.1, 0.15) is 19.8 Å². The van der Waals surface area contributed by atoms with Gasteiger partial charge in [0, 0.05) is 12.8 Å². The van der Waals surface area contributed by atoms with Crippen molar-refractivity contribution in [1.82, 2.24) is 0 Å². The van der Waals surface area contributed by atoms with Crippen molar-refractivity contribution in [1.29, 1.82) is 0 Å². The Morgan fingerprint density at radius 2 is 2.45 bits per heavy atom. The lowest BCUT2D eigenvalue weighted by Crippen LogP contribution is -2.32. The molecule has 3 atom stereocenters. The van der Waals surface area contributed by atoms with E-state index in [9.17, 15) is 0 Å². The first-order valence-corrected chi connectivity index (χ1v) is 4.63. The first-order valence-electron chi connectivity index (χ1n) is 3.81. The number of hydrogen-bond acceptors (Lipinski definition) is 3. The van der Waals surface area contributed by atoms with Crippen molar-refractivity contribution < 1.29 is 9.94 Å². The van der Waals surface area contributed by atoms with Gasteiger partial charge in [0.2, 0.25) is 0 Å². The molecule has 1 saturated heterocycles. The van der Waals surface area contributed by atoms with Crippen LogP contribution in [-0.2, 0) is 4.74 Å². The van der Waals surface area contributed by atoms with Crippen molar-refractivity contribution in [2.45, 2.75) is 32.0 Å². The second-order valence-corrected chi connectivity index (χ2v) is 3.35. The first-order chi connectivity index (χ1) is 5.26. The van der Waals surface area contributed by atoms with Crippen molar-refractivity contribution in [2.75, 3.05) is 6.16 Å². The van der Waals surface area contributed by atoms with Crippen LogP contribution < -0.4 is 0 Å². The van der Waals surface area contributed by atoms with E-state index in [1.54, 1.807) is 0 Å². The summed E-state index contributed by atoms with van der Waals surface area (Å²) >= 11 is 0. The molecule has 3 unspecified atom stereocenters. The number of ether oxygens (including phenoxy) is 1. The average Bonchev–Trinajstić information content (AvgIpc) is 2.03. The summed E-state index contributed by atoms with van der Waals surface area (Å²) < 4.78 is 5.55. The van der Waals surface area contributed by atoms with Crippen LogP contribution in [0, 0.1) is 0 Å². The zero-order valence-electron chi connectivity index (χ0n) is 6.66. The largest absolute Gasteiger partial charge is 0.411 e. The molecule has 1 aliphatic heterocycles. The molecule has 0 bridgehead atoms. The molecule has 64 valence electrons. The van der Waals surface area contributed by atoms with E-state index in [4.69, 9.17) is 9.94 Å². The average molecular weight is 175 g/mol. The number of hydrogen-bond donors (Lipinski definition) is 1. The highest BCUT2D eigenvalue weighted by molar-refractivity contribution is 7.16. The lowest BCUT2D eigenvalue weighted by Gasteiger charge is -2.27. The molecule has 4 heteroatoms. The zero-order valence-corrected chi connectivity index (χ0v) is 7.81. The molecular formula is C7H14NO2P. The monoisotopic (exact) mass is 175 g/mol. The lowest BCUT2D eigenvalue weighted by molar-refractivity contribution is 0.00511. The fourth-order valence-corrected chi connectivity index (χ4v) is 1.60. The SMILES string of the molecule is CC1C/C(=N/O)CC(CP)O1. The Labute approximate surface area is 69.0 Å². The molecule has 1 rings (SSSR count). The Bertz CT molecular complexity index is 161. The minimum Gasteiger partial charge on any atom is -0.411 e. The third kappa shape index (κ3) is 2.42. The van der Waals surface area contributed by atoms with Crippen LogP contribution >= 0.6 is 9.24 Å². The fourth-order valence-electron chi connectivity index (χ4n) is 1.32. The van der Waals surface area contributed by atoms with Gasteiger partial charge in [-0.2, -0.15) is 0 Å². The van der Waals surface area contributed by atoms with E-state index in [0.717, 1.165) is 24.7 Å². The predicted octanol–water partition coefficient (Wildman–Crippen LogP) is 1.26. The molecule has 11 heavy (non-hydrogen) atoms. The highest BCUT2D eigenvalue weighted by atomic mass is 31.0. The summed E-state index contributed by atoms with van der Waals surface area (Å²) in [5.74, 6) is 0. The van der Waals surface area contributed by atoms with Crippen LogP contribution in [0.3, 0.4) is 0 Å². The molecule has 0 aromatic rings. The number of nitrogens with zero attached hydrogens (tertiary/aromatic N) is 1. The second-order valence-electron chi connectivity index (χ2n) is 2.88. The molecule has 0 aliphatic carbocycles. The van der Waals surface area contributed by atoms with Gasteiger partial charge in [-0.15, -0.1) is 9.24 Å². The molecule has 1 heterocycles. The standard InChI is InChI=1S/C7H14NO2P/c1-5-2-6(8-9)3-7(4-11)10-5/h5,7,9H,2-4,11H2,1H3/b8-6-. The summed E-state index contributed by atoms with van der Waals surface area (Å²) in [6.07, 6.45) is 2.85. The third-order valence-corrected chi connectivity index (χ3v) is 2.34. The Balaban J connectivity index is 2.50. The van der Waals surface area contributed by atoms with Gasteiger partial charge in [-0.05, 0) is 13.1 Å². The van der Waals surface area contributed by atoms with Crippen LogP contribution in [0.2, 0.25) is 0 Å². The van der Waals surface area contributed by atoms with Gasteiger partial charge in [0.1, 0.15) is 0 Å². The van der Waals surface area contributed by atoms with E-state index >= 15 is 0 Å². The summed E-state index contributed by atoms with van der Waals surface area (Å²) in [5.41, 5.74) is 0.858. The Hall–Kier alpha value is -0.140. The third-order valence-electron chi connectivity index (χ3n) is 1.82. The van der Waals surface area contributed by atoms with Gasteiger partial charge in [0.05, 0.1) is 17.9 Å². The lowest BCUT2D eigenvalue weighted by atomic mass is 10.0. The smallest absolute Gasteiger partial charge is 0.0666 e. The minimum atomic E-state index is 0.195. The normalized spacial score (nSPS) is 36.0. The maximum absolute atomic E-state index is 8.55. The molecule has 0 spiro atoms. The van der Waals surface area contributed by atoms with Crippen LogP contribution in [0.4, 0.5) is 0 Å². The van der Waals surface area contributed by atoms with Gasteiger partial charge in [0.25, 0.3) is 0 Å². The van der Waals surface area contributed by atoms with Gasteiger partial charge in [-0.1, -0.05) is 5.16 Å². The second kappa shape index (κ2) is 4.03. The first kappa shape index (κ1) is 8.95. The summed E-state index contributed by atoms with van der Waals surface area (Å²) in [6, 6.07) is 0. The van der Waals surface area contributed by atoms with Crippen molar-refractivity contribution in [2.24, 2.45) is 5.16 Å². The molecule has 3 nitrogen and oxygen atoms in total. The molecule has 1 N–H and O–H groups in total. The zero-order chi connectivity index (χ0) is 8.27. The highest BCUT2D eigenvalue weighted by Crippen LogP contribution is 2.18. The van der Waals surface area contributed by atoms with Gasteiger partial charge in [-0.25, -0.2) is 0 Å². The summed E-state index contributed by atoms with van der Waals surface area (Å²) in [6.45, 7) is 2.00. The van der Waals surface area contributed by atoms with Gasteiger partial charge in [-0.3, -0.25) is 0 Å². The summed E-state index contributed by atoms with van der Waals surface area (Å²) in [4.78, 5) is 0. The summed E-state index contributed by atoms with van der Waals surface area (Å²) in [5, 5.41) is 11.8. The van der Waals surface area contributed by atoms with Crippen LogP contribution in [0.5, 0.6) is 0 Å². The predicted molar refractivity (Wildman–Crippen MR) is 47.4 cm³/mol. The summed E-state index contributed by atoms with van der Waals surface area (Å²) in [7, 11) is 2.64. The molecule has 1 fully saturated rings. The van der Waals surface area contributed by atoms with Crippen LogP contribution in [0.25, 0.3) is 0 Å². The minimum absolute atomic E-state index is 0.195. The van der Waals surface area contributed by atoms with Crippen molar-refractivity contribution in [3.05, 3.63) is 0 Å². The number of rotatable bonds is 1. The Morgan fingerprint density at radius 1 is 1.73 bits per heavy atom.